The molecule has 9 heavy (non-hydrogen) atoms. The Morgan fingerprint density at radius 1 is 1.22 bits per heavy atom. The van der Waals surface area contributed by atoms with Crippen LogP contribution in [-0.4, -0.2) is 12.2 Å². The lowest BCUT2D eigenvalue weighted by Crippen LogP contribution is -1.98. The second-order valence-electron chi connectivity index (χ2n) is 2.55. The number of rotatable bonds is 1. The molecule has 1 heterocycles. The smallest absolute Gasteiger partial charge is 0.0861 e. The lowest BCUT2D eigenvalue weighted by atomic mass is 10.1. The Morgan fingerprint density at radius 2 is 1.56 bits per heavy atom. The van der Waals surface area contributed by atoms with Crippen LogP contribution in [0.15, 0.2) is 0 Å². The molecule has 56 valence electrons. The van der Waals surface area contributed by atoms with E-state index in [9.17, 15) is 0 Å². The Labute approximate surface area is 58.4 Å². The molecule has 0 radical (unpaired) electrons. The van der Waals surface area contributed by atoms with Crippen molar-refractivity contribution in [3.05, 3.63) is 0 Å². The van der Waals surface area contributed by atoms with E-state index in [2.05, 4.69) is 20.8 Å². The molecule has 0 aromatic carbocycles. The molecule has 1 aliphatic heterocycles. The van der Waals surface area contributed by atoms with E-state index in [-0.39, 0.29) is 0 Å². The molecule has 1 rings (SSSR count). The van der Waals surface area contributed by atoms with Crippen molar-refractivity contribution in [2.45, 2.75) is 46.8 Å². The molecule has 0 bridgehead atoms. The van der Waals surface area contributed by atoms with E-state index in [0.29, 0.717) is 12.2 Å². The van der Waals surface area contributed by atoms with E-state index >= 15 is 0 Å². The van der Waals surface area contributed by atoms with Crippen molar-refractivity contribution in [3.8, 4) is 0 Å². The molecule has 0 aromatic rings. The molecule has 1 aliphatic rings. The van der Waals surface area contributed by atoms with Gasteiger partial charge in [0.2, 0.25) is 0 Å². The fourth-order valence-electron chi connectivity index (χ4n) is 0.902. The summed E-state index contributed by atoms with van der Waals surface area (Å²) in [7, 11) is 0. The van der Waals surface area contributed by atoms with Crippen molar-refractivity contribution in [2.24, 2.45) is 5.92 Å². The molecule has 1 heteroatoms. The van der Waals surface area contributed by atoms with Crippen LogP contribution in [0.3, 0.4) is 0 Å². The van der Waals surface area contributed by atoms with Crippen molar-refractivity contribution in [1.82, 2.24) is 0 Å². The highest BCUT2D eigenvalue weighted by atomic mass is 16.6. The van der Waals surface area contributed by atoms with Gasteiger partial charge >= 0.3 is 0 Å². The average molecular weight is 130 g/mol. The number of hydrogen-bond acceptors (Lipinski definition) is 1. The molecule has 0 spiro atoms. The predicted molar refractivity (Wildman–Crippen MR) is 40.5 cm³/mol. The van der Waals surface area contributed by atoms with E-state index in [1.165, 1.54) is 0 Å². The van der Waals surface area contributed by atoms with Gasteiger partial charge in [0.1, 0.15) is 0 Å². The fourth-order valence-corrected chi connectivity index (χ4v) is 0.902. The lowest BCUT2D eigenvalue weighted by molar-refractivity contribution is 0.339. The normalized spacial score (nSPS) is 31.3. The quantitative estimate of drug-likeness (QED) is 0.497. The third kappa shape index (κ3) is 2.85. The molecule has 1 fully saturated rings. The highest BCUT2D eigenvalue weighted by Crippen LogP contribution is 2.27. The molecule has 0 amide bonds. The van der Waals surface area contributed by atoms with Gasteiger partial charge in [-0.2, -0.15) is 0 Å². The summed E-state index contributed by atoms with van der Waals surface area (Å²) < 4.78 is 5.18. The van der Waals surface area contributed by atoms with Crippen LogP contribution in [0.25, 0.3) is 0 Å². The van der Waals surface area contributed by atoms with Crippen molar-refractivity contribution in [3.63, 3.8) is 0 Å². The van der Waals surface area contributed by atoms with Crippen LogP contribution in [0, 0.1) is 5.92 Å². The maximum atomic E-state index is 5.18. The van der Waals surface area contributed by atoms with Crippen LogP contribution in [0.4, 0.5) is 0 Å². The lowest BCUT2D eigenvalue weighted by Gasteiger charge is -1.92. The Balaban J connectivity index is 0.000000291. The first kappa shape index (κ1) is 8.96. The molecule has 0 saturated carbocycles. The van der Waals surface area contributed by atoms with Gasteiger partial charge in [-0.3, -0.25) is 0 Å². The molecule has 2 unspecified atom stereocenters. The summed E-state index contributed by atoms with van der Waals surface area (Å²) >= 11 is 0. The minimum atomic E-state index is 0.542. The van der Waals surface area contributed by atoms with Crippen molar-refractivity contribution < 1.29 is 4.74 Å². The molecule has 2 atom stereocenters. The van der Waals surface area contributed by atoms with E-state index < -0.39 is 0 Å². The van der Waals surface area contributed by atoms with Crippen molar-refractivity contribution in [1.29, 1.82) is 0 Å². The standard InChI is InChI=1S/C6H12O.C2H6/c1-4(2)6-5(3)7-6;1-2/h4-6H,1-3H3;1-2H3. The zero-order valence-electron chi connectivity index (χ0n) is 7.14. The first-order valence-corrected chi connectivity index (χ1v) is 3.87. The van der Waals surface area contributed by atoms with Gasteiger partial charge in [0.05, 0.1) is 12.2 Å². The van der Waals surface area contributed by atoms with Crippen LogP contribution < -0.4 is 0 Å². The first-order valence-electron chi connectivity index (χ1n) is 3.87. The van der Waals surface area contributed by atoms with Gasteiger partial charge in [-0.05, 0) is 12.8 Å². The summed E-state index contributed by atoms with van der Waals surface area (Å²) in [6, 6.07) is 0. The second-order valence-corrected chi connectivity index (χ2v) is 2.55. The third-order valence-electron chi connectivity index (χ3n) is 1.41. The summed E-state index contributed by atoms with van der Waals surface area (Å²) in [5.41, 5.74) is 0. The van der Waals surface area contributed by atoms with E-state index in [1.807, 2.05) is 13.8 Å². The maximum Gasteiger partial charge on any atom is 0.0861 e. The predicted octanol–water partition coefficient (Wildman–Crippen LogP) is 2.46. The minimum absolute atomic E-state index is 0.542. The van der Waals surface area contributed by atoms with Gasteiger partial charge in [0.25, 0.3) is 0 Å². The van der Waals surface area contributed by atoms with Crippen molar-refractivity contribution in [2.75, 3.05) is 0 Å². The Kier molecular flexibility index (Phi) is 3.87. The van der Waals surface area contributed by atoms with Crippen molar-refractivity contribution >= 4 is 0 Å². The summed E-state index contributed by atoms with van der Waals surface area (Å²) in [6.07, 6.45) is 1.11. The van der Waals surface area contributed by atoms with Gasteiger partial charge < -0.3 is 4.74 Å². The minimum Gasteiger partial charge on any atom is -0.370 e. The Hall–Kier alpha value is -0.0400. The highest BCUT2D eigenvalue weighted by Gasteiger charge is 2.36. The Bertz CT molecular complexity index is 69.0. The summed E-state index contributed by atoms with van der Waals surface area (Å²) in [4.78, 5) is 0. The van der Waals surface area contributed by atoms with Gasteiger partial charge in [-0.15, -0.1) is 0 Å². The molecular weight excluding hydrogens is 112 g/mol. The van der Waals surface area contributed by atoms with E-state index in [4.69, 9.17) is 4.74 Å². The van der Waals surface area contributed by atoms with Gasteiger partial charge in [-0.1, -0.05) is 27.7 Å². The van der Waals surface area contributed by atoms with Crippen LogP contribution in [-0.2, 0) is 4.74 Å². The van der Waals surface area contributed by atoms with Crippen LogP contribution >= 0.6 is 0 Å². The zero-order chi connectivity index (χ0) is 7.44. The number of hydrogen-bond donors (Lipinski definition) is 0. The summed E-state index contributed by atoms with van der Waals surface area (Å²) in [5.74, 6) is 0.718. The van der Waals surface area contributed by atoms with Gasteiger partial charge in [0, 0.05) is 0 Å². The van der Waals surface area contributed by atoms with E-state index in [0.717, 1.165) is 5.92 Å². The highest BCUT2D eigenvalue weighted by molar-refractivity contribution is 4.82. The van der Waals surface area contributed by atoms with Crippen LogP contribution in [0.5, 0.6) is 0 Å². The molecule has 1 saturated heterocycles. The summed E-state index contributed by atoms with van der Waals surface area (Å²) in [5, 5.41) is 0. The van der Waals surface area contributed by atoms with Gasteiger partial charge in [0.15, 0.2) is 0 Å². The average Bonchev–Trinajstić information content (AvgIpc) is 2.52. The molecule has 0 N–H and O–H groups in total. The Morgan fingerprint density at radius 3 is 1.56 bits per heavy atom. The first-order chi connectivity index (χ1) is 4.22. The largest absolute Gasteiger partial charge is 0.370 e. The maximum absolute atomic E-state index is 5.18. The monoisotopic (exact) mass is 130 g/mol. The number of epoxide rings is 1. The zero-order valence-corrected chi connectivity index (χ0v) is 7.14. The summed E-state index contributed by atoms with van der Waals surface area (Å²) in [6.45, 7) is 10.5. The fraction of sp³-hybridized carbons (Fsp3) is 1.00. The third-order valence-corrected chi connectivity index (χ3v) is 1.41. The van der Waals surface area contributed by atoms with Crippen LogP contribution in [0.1, 0.15) is 34.6 Å². The van der Waals surface area contributed by atoms with Gasteiger partial charge in [-0.25, -0.2) is 0 Å². The second kappa shape index (κ2) is 3.89. The molecular formula is C8H18O. The molecule has 0 aromatic heterocycles. The SMILES string of the molecule is CC.CC(C)C1OC1C. The molecule has 1 nitrogen and oxygen atoms in total. The number of ether oxygens (including phenoxy) is 1. The van der Waals surface area contributed by atoms with Crippen LogP contribution in [0.2, 0.25) is 0 Å². The molecule has 0 aliphatic carbocycles. The van der Waals surface area contributed by atoms with E-state index in [1.54, 1.807) is 0 Å². The topological polar surface area (TPSA) is 12.5 Å².